The Balaban J connectivity index is 1.36. The van der Waals surface area contributed by atoms with Gasteiger partial charge in [-0.2, -0.15) is 5.10 Å². The molecule has 4 rings (SSSR count). The molecule has 4 heterocycles. The molecule has 0 bridgehead atoms. The van der Waals surface area contributed by atoms with E-state index in [9.17, 15) is 9.59 Å². The van der Waals surface area contributed by atoms with Crippen LogP contribution >= 0.6 is 0 Å². The first-order chi connectivity index (χ1) is 14.9. The summed E-state index contributed by atoms with van der Waals surface area (Å²) in [4.78, 5) is 35.8. The fourth-order valence-electron chi connectivity index (χ4n) is 4.07. The highest BCUT2D eigenvalue weighted by molar-refractivity contribution is 5.95. The number of ketones is 1. The van der Waals surface area contributed by atoms with Gasteiger partial charge in [-0.05, 0) is 49.9 Å². The molecule has 0 atom stereocenters. The van der Waals surface area contributed by atoms with Gasteiger partial charge in [-0.25, -0.2) is 4.68 Å². The molecule has 1 amide bonds. The lowest BCUT2D eigenvalue weighted by molar-refractivity contribution is -0.123. The van der Waals surface area contributed by atoms with Gasteiger partial charge >= 0.3 is 0 Å². The van der Waals surface area contributed by atoms with Gasteiger partial charge in [-0.1, -0.05) is 6.07 Å². The van der Waals surface area contributed by atoms with Crippen molar-refractivity contribution in [1.82, 2.24) is 19.7 Å². The van der Waals surface area contributed by atoms with Crippen molar-refractivity contribution in [3.05, 3.63) is 59.2 Å². The minimum atomic E-state index is -0.0224. The Morgan fingerprint density at radius 2 is 1.84 bits per heavy atom. The zero-order chi connectivity index (χ0) is 22.0. The molecule has 0 radical (unpaired) electrons. The number of hydrogen-bond acceptors (Lipinski definition) is 5. The molecule has 1 aliphatic heterocycles. The van der Waals surface area contributed by atoms with Crippen molar-refractivity contribution in [2.45, 2.75) is 53.0 Å². The first-order valence-electron chi connectivity index (χ1n) is 10.6. The number of carbonyl (C=O) groups excluding carboxylic acids is 2. The lowest BCUT2D eigenvalue weighted by atomic mass is 10.0. The summed E-state index contributed by atoms with van der Waals surface area (Å²) >= 11 is 0. The summed E-state index contributed by atoms with van der Waals surface area (Å²) < 4.78 is 1.87. The number of pyridine rings is 2. The van der Waals surface area contributed by atoms with Crippen LogP contribution < -0.4 is 4.90 Å². The van der Waals surface area contributed by atoms with Crippen molar-refractivity contribution in [2.75, 3.05) is 11.4 Å². The standard InChI is InChI=1S/C24H27N5O2/c1-16-9-20(15-25-13-16)24-17(2)10-19(14-26-24)12-21(30)5-6-23(31)28-7-4-8-29-22(28)11-18(3)27-29/h9-11,13-15H,4-8,12H2,1-3H3. The Hall–Kier alpha value is -3.35. The van der Waals surface area contributed by atoms with E-state index in [1.807, 2.05) is 49.8 Å². The number of hydrogen-bond donors (Lipinski definition) is 0. The number of aryl methyl sites for hydroxylation is 4. The third-order valence-corrected chi connectivity index (χ3v) is 5.51. The molecular formula is C24H27N5O2. The van der Waals surface area contributed by atoms with Crippen LogP contribution in [0.25, 0.3) is 11.3 Å². The van der Waals surface area contributed by atoms with Gasteiger partial charge in [0.25, 0.3) is 0 Å². The van der Waals surface area contributed by atoms with Crippen LogP contribution in [0.15, 0.2) is 36.8 Å². The zero-order valence-electron chi connectivity index (χ0n) is 18.3. The molecule has 1 aliphatic rings. The summed E-state index contributed by atoms with van der Waals surface area (Å²) in [6.07, 6.45) is 6.95. The van der Waals surface area contributed by atoms with Gasteiger partial charge in [-0.15, -0.1) is 0 Å². The molecule has 0 unspecified atom stereocenters. The van der Waals surface area contributed by atoms with Crippen LogP contribution in [0, 0.1) is 20.8 Å². The van der Waals surface area contributed by atoms with E-state index in [2.05, 4.69) is 15.1 Å². The molecule has 31 heavy (non-hydrogen) atoms. The lowest BCUT2D eigenvalue weighted by Gasteiger charge is -2.27. The highest BCUT2D eigenvalue weighted by Crippen LogP contribution is 2.24. The van der Waals surface area contributed by atoms with Gasteiger partial charge in [0.05, 0.1) is 11.4 Å². The Labute approximate surface area is 182 Å². The van der Waals surface area contributed by atoms with E-state index < -0.39 is 0 Å². The first kappa shape index (κ1) is 20.9. The fraction of sp³-hybridized carbons (Fsp3) is 0.375. The molecule has 3 aromatic heterocycles. The predicted molar refractivity (Wildman–Crippen MR) is 119 cm³/mol. The van der Waals surface area contributed by atoms with Crippen LogP contribution in [0.2, 0.25) is 0 Å². The number of amides is 1. The van der Waals surface area contributed by atoms with E-state index in [0.717, 1.165) is 52.4 Å². The topological polar surface area (TPSA) is 81.0 Å². The summed E-state index contributed by atoms with van der Waals surface area (Å²) in [5.41, 5.74) is 5.70. The number of fused-ring (bicyclic) bond motifs is 1. The van der Waals surface area contributed by atoms with E-state index in [4.69, 9.17) is 0 Å². The summed E-state index contributed by atoms with van der Waals surface area (Å²) in [6.45, 7) is 7.42. The molecule has 7 nitrogen and oxygen atoms in total. The average Bonchev–Trinajstić information content (AvgIpc) is 3.12. The van der Waals surface area contributed by atoms with Crippen LogP contribution in [0.5, 0.6) is 0 Å². The minimum absolute atomic E-state index is 0.0224. The van der Waals surface area contributed by atoms with Crippen LogP contribution in [-0.2, 0) is 22.6 Å². The lowest BCUT2D eigenvalue weighted by Crippen LogP contribution is -2.37. The number of anilines is 1. The van der Waals surface area contributed by atoms with E-state index in [-0.39, 0.29) is 31.0 Å². The number of rotatable bonds is 6. The maximum absolute atomic E-state index is 12.7. The van der Waals surface area contributed by atoms with Gasteiger partial charge in [0.15, 0.2) is 0 Å². The van der Waals surface area contributed by atoms with E-state index >= 15 is 0 Å². The Morgan fingerprint density at radius 3 is 2.61 bits per heavy atom. The summed E-state index contributed by atoms with van der Waals surface area (Å²) in [6, 6.07) is 5.97. The fourth-order valence-corrected chi connectivity index (χ4v) is 4.07. The summed E-state index contributed by atoms with van der Waals surface area (Å²) in [5, 5.41) is 4.42. The average molecular weight is 418 g/mol. The van der Waals surface area contributed by atoms with Crippen molar-refractivity contribution >= 4 is 17.5 Å². The molecule has 0 N–H and O–H groups in total. The van der Waals surface area contributed by atoms with Gasteiger partial charge in [0.2, 0.25) is 5.91 Å². The molecule has 3 aromatic rings. The maximum atomic E-state index is 12.7. The Kier molecular flexibility index (Phi) is 5.93. The highest BCUT2D eigenvalue weighted by atomic mass is 16.2. The Morgan fingerprint density at radius 1 is 1.00 bits per heavy atom. The molecular weight excluding hydrogens is 390 g/mol. The molecule has 0 saturated carbocycles. The van der Waals surface area contributed by atoms with Gasteiger partial charge in [0.1, 0.15) is 11.6 Å². The van der Waals surface area contributed by atoms with Crippen LogP contribution in [0.1, 0.15) is 41.6 Å². The SMILES string of the molecule is Cc1cncc(-c2ncc(CC(=O)CCC(=O)N3CCCn4nc(C)cc43)cc2C)c1. The first-order valence-corrected chi connectivity index (χ1v) is 10.6. The highest BCUT2D eigenvalue weighted by Gasteiger charge is 2.24. The van der Waals surface area contributed by atoms with Crippen molar-refractivity contribution < 1.29 is 9.59 Å². The van der Waals surface area contributed by atoms with E-state index in [1.54, 1.807) is 17.3 Å². The quantitative estimate of drug-likeness (QED) is 0.612. The minimum Gasteiger partial charge on any atom is -0.299 e. The van der Waals surface area contributed by atoms with Crippen LogP contribution in [-0.4, -0.2) is 38.0 Å². The monoisotopic (exact) mass is 417 g/mol. The Bertz CT molecular complexity index is 1130. The maximum Gasteiger partial charge on any atom is 0.228 e. The number of carbonyl (C=O) groups is 2. The predicted octanol–water partition coefficient (Wildman–Crippen LogP) is 3.59. The third kappa shape index (κ3) is 4.71. The second kappa shape index (κ2) is 8.79. The van der Waals surface area contributed by atoms with Gasteiger partial charge in [-0.3, -0.25) is 24.5 Å². The number of nitrogens with zero attached hydrogens (tertiary/aromatic N) is 5. The molecule has 0 saturated heterocycles. The molecule has 0 aromatic carbocycles. The smallest absolute Gasteiger partial charge is 0.228 e. The van der Waals surface area contributed by atoms with Crippen LogP contribution in [0.4, 0.5) is 5.82 Å². The summed E-state index contributed by atoms with van der Waals surface area (Å²) in [7, 11) is 0. The largest absolute Gasteiger partial charge is 0.299 e. The van der Waals surface area contributed by atoms with Crippen molar-refractivity contribution in [2.24, 2.45) is 0 Å². The second-order valence-corrected chi connectivity index (χ2v) is 8.24. The molecule has 7 heteroatoms. The van der Waals surface area contributed by atoms with Gasteiger partial charge in [0, 0.05) is 62.6 Å². The summed E-state index contributed by atoms with van der Waals surface area (Å²) in [5.74, 6) is 0.856. The third-order valence-electron chi connectivity index (χ3n) is 5.51. The molecule has 0 fully saturated rings. The normalized spacial score (nSPS) is 13.2. The van der Waals surface area contributed by atoms with Crippen LogP contribution in [0.3, 0.4) is 0 Å². The van der Waals surface area contributed by atoms with E-state index in [0.29, 0.717) is 6.54 Å². The molecule has 0 aliphatic carbocycles. The van der Waals surface area contributed by atoms with Gasteiger partial charge < -0.3 is 0 Å². The molecule has 0 spiro atoms. The van der Waals surface area contributed by atoms with Crippen molar-refractivity contribution in [3.63, 3.8) is 0 Å². The van der Waals surface area contributed by atoms with Crippen molar-refractivity contribution in [3.8, 4) is 11.3 Å². The van der Waals surface area contributed by atoms with Crippen molar-refractivity contribution in [1.29, 1.82) is 0 Å². The zero-order valence-corrected chi connectivity index (χ0v) is 18.3. The number of Topliss-reactive ketones (excluding diaryl/α,β-unsaturated/α-hetero) is 1. The number of aromatic nitrogens is 4. The van der Waals surface area contributed by atoms with E-state index in [1.165, 1.54) is 0 Å². The second-order valence-electron chi connectivity index (χ2n) is 8.24. The molecule has 160 valence electrons.